The highest BCUT2D eigenvalue weighted by Crippen LogP contribution is 2.17. The molecule has 0 aliphatic carbocycles. The molecule has 0 spiro atoms. The number of halogens is 1. The molecule has 3 rings (SSSR count). The van der Waals surface area contributed by atoms with Crippen molar-refractivity contribution < 1.29 is 9.18 Å². The number of hydrogen-bond donors (Lipinski definition) is 2. The zero-order valence-electron chi connectivity index (χ0n) is 12.1. The van der Waals surface area contributed by atoms with Gasteiger partial charge in [-0.3, -0.25) is 4.79 Å². The van der Waals surface area contributed by atoms with Gasteiger partial charge in [-0.15, -0.1) is 11.3 Å². The molecule has 1 aliphatic rings. The molecule has 6 heteroatoms. The fraction of sp³-hybridized carbons (Fsp3) is 0.375. The molecule has 0 radical (unpaired) electrons. The zero-order valence-corrected chi connectivity index (χ0v) is 13.0. The second kappa shape index (κ2) is 6.98. The topological polar surface area (TPSA) is 54.0 Å². The van der Waals surface area contributed by atoms with Crippen LogP contribution in [0.4, 0.5) is 4.39 Å². The highest BCUT2D eigenvalue weighted by atomic mass is 32.1. The summed E-state index contributed by atoms with van der Waals surface area (Å²) in [6.45, 7) is 1.85. The Hall–Kier alpha value is -1.79. The molecule has 116 valence electrons. The van der Waals surface area contributed by atoms with E-state index in [-0.39, 0.29) is 17.8 Å². The van der Waals surface area contributed by atoms with Crippen molar-refractivity contribution in [2.45, 2.75) is 25.3 Å². The number of benzene rings is 1. The van der Waals surface area contributed by atoms with E-state index in [1.165, 1.54) is 23.5 Å². The maximum atomic E-state index is 12.9. The average molecular weight is 319 g/mol. The smallest absolute Gasteiger partial charge is 0.263 e. The molecule has 0 unspecified atom stereocenters. The Labute approximate surface area is 132 Å². The minimum absolute atomic E-state index is 0.0587. The zero-order chi connectivity index (χ0) is 15.4. The highest BCUT2D eigenvalue weighted by molar-refractivity contribution is 7.13. The lowest BCUT2D eigenvalue weighted by Gasteiger charge is -2.23. The van der Waals surface area contributed by atoms with E-state index in [1.807, 2.05) is 0 Å². The van der Waals surface area contributed by atoms with Crippen molar-refractivity contribution in [2.24, 2.45) is 0 Å². The minimum Gasteiger partial charge on any atom is -0.347 e. The first-order valence-electron chi connectivity index (χ1n) is 7.41. The van der Waals surface area contributed by atoms with Gasteiger partial charge in [0.1, 0.15) is 10.7 Å². The first-order chi connectivity index (χ1) is 10.7. The number of carbonyl (C=O) groups excluding carboxylic acids is 1. The third kappa shape index (κ3) is 3.90. The van der Waals surface area contributed by atoms with Crippen molar-refractivity contribution in [3.63, 3.8) is 0 Å². The van der Waals surface area contributed by atoms with Crippen LogP contribution < -0.4 is 10.6 Å². The van der Waals surface area contributed by atoms with Gasteiger partial charge in [-0.1, -0.05) is 12.1 Å². The van der Waals surface area contributed by atoms with Gasteiger partial charge in [-0.25, -0.2) is 9.37 Å². The normalized spacial score (nSPS) is 18.1. The molecule has 1 saturated heterocycles. The molecule has 4 nitrogen and oxygen atoms in total. The van der Waals surface area contributed by atoms with Crippen LogP contribution in [-0.2, 0) is 6.42 Å². The summed E-state index contributed by atoms with van der Waals surface area (Å²) in [5.41, 5.74) is 0.985. The molecule has 1 amide bonds. The van der Waals surface area contributed by atoms with E-state index < -0.39 is 0 Å². The van der Waals surface area contributed by atoms with Crippen molar-refractivity contribution >= 4 is 17.2 Å². The van der Waals surface area contributed by atoms with Crippen LogP contribution in [0.1, 0.15) is 33.1 Å². The molecule has 0 bridgehead atoms. The van der Waals surface area contributed by atoms with Crippen LogP contribution in [0.5, 0.6) is 0 Å². The first-order valence-corrected chi connectivity index (χ1v) is 8.23. The average Bonchev–Trinajstić information content (AvgIpc) is 2.99. The maximum absolute atomic E-state index is 12.9. The second-order valence-corrected chi connectivity index (χ2v) is 6.55. The van der Waals surface area contributed by atoms with Crippen molar-refractivity contribution in [3.05, 3.63) is 51.7 Å². The van der Waals surface area contributed by atoms with Gasteiger partial charge in [0.2, 0.25) is 0 Å². The Morgan fingerprint density at radius 1 is 1.41 bits per heavy atom. The number of carbonyl (C=O) groups is 1. The summed E-state index contributed by atoms with van der Waals surface area (Å²) in [5.74, 6) is -0.305. The van der Waals surface area contributed by atoms with Gasteiger partial charge in [0.05, 0.1) is 11.2 Å². The van der Waals surface area contributed by atoms with Gasteiger partial charge in [-0.2, -0.15) is 0 Å². The molecule has 1 fully saturated rings. The highest BCUT2D eigenvalue weighted by Gasteiger charge is 2.18. The fourth-order valence-corrected chi connectivity index (χ4v) is 3.36. The van der Waals surface area contributed by atoms with Gasteiger partial charge in [-0.05, 0) is 37.1 Å². The van der Waals surface area contributed by atoms with Crippen molar-refractivity contribution in [1.29, 1.82) is 0 Å². The summed E-state index contributed by atoms with van der Waals surface area (Å²) in [6, 6.07) is 6.55. The third-order valence-electron chi connectivity index (χ3n) is 3.68. The molecule has 1 atom stereocenters. The Kier molecular flexibility index (Phi) is 4.80. The Morgan fingerprint density at radius 3 is 2.95 bits per heavy atom. The number of aromatic nitrogens is 1. The summed E-state index contributed by atoms with van der Waals surface area (Å²) >= 11 is 1.39. The monoisotopic (exact) mass is 319 g/mol. The lowest BCUT2D eigenvalue weighted by atomic mass is 10.1. The van der Waals surface area contributed by atoms with Gasteiger partial charge < -0.3 is 10.6 Å². The fourth-order valence-electron chi connectivity index (χ4n) is 2.51. The van der Waals surface area contributed by atoms with Crippen LogP contribution in [0.25, 0.3) is 0 Å². The number of thiazole rings is 1. The van der Waals surface area contributed by atoms with Crippen LogP contribution in [0.2, 0.25) is 0 Å². The van der Waals surface area contributed by atoms with Gasteiger partial charge in [0, 0.05) is 19.0 Å². The predicted molar refractivity (Wildman–Crippen MR) is 84.7 cm³/mol. The standard InChI is InChI=1S/C16H18FN3OS/c17-12-5-3-11(4-6-12)8-15-19-10-14(22-15)16(21)20-13-2-1-7-18-9-13/h3-6,10,13,18H,1-2,7-9H2,(H,20,21)/t13-/m0/s1. The molecule has 2 aromatic rings. The van der Waals surface area contributed by atoms with Crippen molar-refractivity contribution in [1.82, 2.24) is 15.6 Å². The number of rotatable bonds is 4. The summed E-state index contributed by atoms with van der Waals surface area (Å²) in [6.07, 6.45) is 4.34. The molecular formula is C16H18FN3OS. The van der Waals surface area contributed by atoms with E-state index in [2.05, 4.69) is 15.6 Å². The number of nitrogens with one attached hydrogen (secondary N) is 2. The summed E-state index contributed by atoms with van der Waals surface area (Å²) in [7, 11) is 0. The molecule has 1 aliphatic heterocycles. The van der Waals surface area contributed by atoms with E-state index >= 15 is 0 Å². The molecule has 1 aromatic carbocycles. The Morgan fingerprint density at radius 2 is 2.23 bits per heavy atom. The van der Waals surface area contributed by atoms with E-state index in [9.17, 15) is 9.18 Å². The number of amides is 1. The van der Waals surface area contributed by atoms with Gasteiger partial charge in [0.15, 0.2) is 0 Å². The number of nitrogens with zero attached hydrogens (tertiary/aromatic N) is 1. The Bertz CT molecular complexity index is 635. The predicted octanol–water partition coefficient (Wildman–Crippen LogP) is 2.35. The quantitative estimate of drug-likeness (QED) is 0.909. The van der Waals surface area contributed by atoms with Crippen LogP contribution in [-0.4, -0.2) is 30.0 Å². The second-order valence-electron chi connectivity index (χ2n) is 5.44. The number of hydrogen-bond acceptors (Lipinski definition) is 4. The molecule has 1 aromatic heterocycles. The van der Waals surface area contributed by atoms with Gasteiger partial charge >= 0.3 is 0 Å². The maximum Gasteiger partial charge on any atom is 0.263 e. The third-order valence-corrected chi connectivity index (χ3v) is 4.67. The lowest BCUT2D eigenvalue weighted by Crippen LogP contribution is -2.45. The van der Waals surface area contributed by atoms with E-state index in [0.29, 0.717) is 11.3 Å². The summed E-state index contributed by atoms with van der Waals surface area (Å²) < 4.78 is 12.9. The SMILES string of the molecule is O=C(N[C@H]1CCCNC1)c1cnc(Cc2ccc(F)cc2)s1. The van der Waals surface area contributed by atoms with E-state index in [0.717, 1.165) is 36.5 Å². The lowest BCUT2D eigenvalue weighted by molar-refractivity contribution is 0.0934. The Balaban J connectivity index is 1.60. The van der Waals surface area contributed by atoms with E-state index in [4.69, 9.17) is 0 Å². The summed E-state index contributed by atoms with van der Waals surface area (Å²) in [4.78, 5) is 17.1. The molecular weight excluding hydrogens is 301 g/mol. The molecule has 2 N–H and O–H groups in total. The van der Waals surface area contributed by atoms with Gasteiger partial charge in [0.25, 0.3) is 5.91 Å². The minimum atomic E-state index is -0.246. The molecule has 22 heavy (non-hydrogen) atoms. The van der Waals surface area contributed by atoms with Crippen molar-refractivity contribution in [2.75, 3.05) is 13.1 Å². The van der Waals surface area contributed by atoms with Crippen LogP contribution >= 0.6 is 11.3 Å². The molecule has 2 heterocycles. The summed E-state index contributed by atoms with van der Waals surface area (Å²) in [5, 5.41) is 7.18. The van der Waals surface area contributed by atoms with E-state index in [1.54, 1.807) is 18.3 Å². The first kappa shape index (κ1) is 15.1. The van der Waals surface area contributed by atoms with Crippen LogP contribution in [0, 0.1) is 5.82 Å². The molecule has 0 saturated carbocycles. The van der Waals surface area contributed by atoms with Crippen LogP contribution in [0.3, 0.4) is 0 Å². The van der Waals surface area contributed by atoms with Crippen molar-refractivity contribution in [3.8, 4) is 0 Å². The van der Waals surface area contributed by atoms with Crippen LogP contribution in [0.15, 0.2) is 30.5 Å². The number of piperidine rings is 1. The largest absolute Gasteiger partial charge is 0.347 e.